The molecule has 27 heavy (non-hydrogen) atoms. The van der Waals surface area contributed by atoms with Crippen LogP contribution >= 0.6 is 0 Å². The summed E-state index contributed by atoms with van der Waals surface area (Å²) in [6.45, 7) is 6.26. The minimum Gasteiger partial charge on any atom is -0.462 e. The molecule has 0 heterocycles. The number of ether oxygens (including phenoxy) is 2. The predicted octanol–water partition coefficient (Wildman–Crippen LogP) is 2.49. The average molecular weight is 377 g/mol. The summed E-state index contributed by atoms with van der Waals surface area (Å²) >= 11 is 0. The van der Waals surface area contributed by atoms with Gasteiger partial charge in [-0.15, -0.1) is 0 Å². The fourth-order valence-corrected chi connectivity index (χ4v) is 3.66. The van der Waals surface area contributed by atoms with E-state index in [1.165, 1.54) is 0 Å². The summed E-state index contributed by atoms with van der Waals surface area (Å²) in [7, 11) is 0. The molecule has 0 saturated heterocycles. The van der Waals surface area contributed by atoms with Crippen molar-refractivity contribution >= 4 is 11.9 Å². The normalized spacial score (nSPS) is 16.9. The zero-order chi connectivity index (χ0) is 19.7. The molecule has 1 N–H and O–H groups in total. The van der Waals surface area contributed by atoms with Crippen LogP contribution in [0, 0.1) is 5.92 Å². The number of aliphatic hydroxyl groups is 1. The number of rotatable bonds is 10. The van der Waals surface area contributed by atoms with Crippen LogP contribution in [0.2, 0.25) is 0 Å². The molecule has 1 saturated carbocycles. The number of likely N-dealkylation sites (N-methyl/N-ethyl adjacent to an activating group) is 1. The molecule has 2 rings (SSSR count). The smallest absolute Gasteiger partial charge is 0.344 e. The van der Waals surface area contributed by atoms with Crippen molar-refractivity contribution in [2.75, 3.05) is 32.8 Å². The highest BCUT2D eigenvalue weighted by molar-refractivity contribution is 5.84. The molecule has 0 radical (unpaired) electrons. The zero-order valence-corrected chi connectivity index (χ0v) is 16.4. The van der Waals surface area contributed by atoms with Crippen molar-refractivity contribution in [2.24, 2.45) is 5.92 Å². The van der Waals surface area contributed by atoms with E-state index >= 15 is 0 Å². The fraction of sp³-hybridized carbons (Fsp3) is 0.619. The topological polar surface area (TPSA) is 76.1 Å². The van der Waals surface area contributed by atoms with Crippen molar-refractivity contribution in [3.05, 3.63) is 35.9 Å². The fourth-order valence-electron chi connectivity index (χ4n) is 3.66. The number of nitrogens with zero attached hydrogens (tertiary/aromatic N) is 1. The molecule has 1 fully saturated rings. The Morgan fingerprint density at radius 1 is 1.11 bits per heavy atom. The summed E-state index contributed by atoms with van der Waals surface area (Å²) in [5.74, 6) is -1.58. The summed E-state index contributed by atoms with van der Waals surface area (Å²) in [5.41, 5.74) is -1.21. The minimum atomic E-state index is -1.72. The Balaban J connectivity index is 1.93. The van der Waals surface area contributed by atoms with Gasteiger partial charge in [0.15, 0.2) is 12.2 Å². The minimum absolute atomic E-state index is 0.203. The van der Waals surface area contributed by atoms with Gasteiger partial charge in [0.05, 0.1) is 0 Å². The van der Waals surface area contributed by atoms with Gasteiger partial charge in [-0.05, 0) is 31.5 Å². The van der Waals surface area contributed by atoms with Crippen LogP contribution in [0.1, 0.15) is 45.1 Å². The van der Waals surface area contributed by atoms with E-state index in [4.69, 9.17) is 9.47 Å². The Labute approximate surface area is 161 Å². The maximum Gasteiger partial charge on any atom is 0.344 e. The molecule has 0 bridgehead atoms. The summed E-state index contributed by atoms with van der Waals surface area (Å²) in [6, 6.07) is 8.84. The first-order chi connectivity index (χ1) is 13.0. The van der Waals surface area contributed by atoms with E-state index in [0.29, 0.717) is 12.1 Å². The molecule has 6 nitrogen and oxygen atoms in total. The van der Waals surface area contributed by atoms with Crippen molar-refractivity contribution in [3.8, 4) is 0 Å². The molecular weight excluding hydrogens is 346 g/mol. The molecule has 0 amide bonds. The summed E-state index contributed by atoms with van der Waals surface area (Å²) in [6.07, 6.45) is 3.46. The van der Waals surface area contributed by atoms with Gasteiger partial charge >= 0.3 is 11.9 Å². The number of benzene rings is 1. The molecule has 0 aliphatic heterocycles. The van der Waals surface area contributed by atoms with Crippen molar-refractivity contribution in [1.29, 1.82) is 0 Å². The molecule has 150 valence electrons. The third kappa shape index (κ3) is 5.53. The molecule has 0 spiro atoms. The molecule has 1 aliphatic rings. The van der Waals surface area contributed by atoms with Gasteiger partial charge in [-0.3, -0.25) is 0 Å². The molecule has 1 atom stereocenters. The van der Waals surface area contributed by atoms with Crippen molar-refractivity contribution in [3.63, 3.8) is 0 Å². The molecule has 1 aliphatic carbocycles. The SMILES string of the molecule is CCN(CC)CCOC(=O)COC(=O)C(O)(c1ccccc1)C1CCCC1. The van der Waals surface area contributed by atoms with E-state index < -0.39 is 24.1 Å². The Morgan fingerprint density at radius 3 is 2.33 bits per heavy atom. The number of carbonyl (C=O) groups is 2. The second-order valence-corrected chi connectivity index (χ2v) is 6.94. The zero-order valence-electron chi connectivity index (χ0n) is 16.4. The molecule has 1 unspecified atom stereocenters. The Kier molecular flexibility index (Phi) is 8.25. The van der Waals surface area contributed by atoms with Crippen LogP contribution in [0.3, 0.4) is 0 Å². The van der Waals surface area contributed by atoms with Crippen LogP contribution in [0.25, 0.3) is 0 Å². The summed E-state index contributed by atoms with van der Waals surface area (Å²) in [5, 5.41) is 11.2. The average Bonchev–Trinajstić information content (AvgIpc) is 3.24. The second-order valence-electron chi connectivity index (χ2n) is 6.94. The van der Waals surface area contributed by atoms with Crippen molar-refractivity contribution < 1.29 is 24.2 Å². The van der Waals surface area contributed by atoms with Gasteiger partial charge in [0.2, 0.25) is 0 Å². The first kappa shape index (κ1) is 21.4. The molecule has 1 aromatic carbocycles. The molecular formula is C21H31NO5. The lowest BCUT2D eigenvalue weighted by molar-refractivity contribution is -0.179. The molecule has 1 aromatic rings. The third-order valence-corrected chi connectivity index (χ3v) is 5.36. The van der Waals surface area contributed by atoms with Gasteiger partial charge in [-0.25, -0.2) is 9.59 Å². The molecule has 0 aromatic heterocycles. The Bertz CT molecular complexity index is 596. The van der Waals surface area contributed by atoms with E-state index in [2.05, 4.69) is 4.90 Å². The number of carbonyl (C=O) groups excluding carboxylic acids is 2. The number of hydrogen-bond acceptors (Lipinski definition) is 6. The van der Waals surface area contributed by atoms with Crippen molar-refractivity contribution in [2.45, 2.75) is 45.1 Å². The van der Waals surface area contributed by atoms with Gasteiger partial charge in [0.25, 0.3) is 0 Å². The Morgan fingerprint density at radius 2 is 1.74 bits per heavy atom. The largest absolute Gasteiger partial charge is 0.462 e. The lowest BCUT2D eigenvalue weighted by Crippen LogP contribution is -2.44. The Hall–Kier alpha value is -1.92. The predicted molar refractivity (Wildman–Crippen MR) is 102 cm³/mol. The maximum atomic E-state index is 12.7. The van der Waals surface area contributed by atoms with Crippen molar-refractivity contribution in [1.82, 2.24) is 4.90 Å². The van der Waals surface area contributed by atoms with E-state index in [1.807, 2.05) is 19.9 Å². The van der Waals surface area contributed by atoms with E-state index in [-0.39, 0.29) is 12.5 Å². The number of hydrogen-bond donors (Lipinski definition) is 1. The van der Waals surface area contributed by atoms with Gasteiger partial charge in [-0.2, -0.15) is 0 Å². The van der Waals surface area contributed by atoms with Crippen LogP contribution < -0.4 is 0 Å². The first-order valence-corrected chi connectivity index (χ1v) is 9.85. The highest BCUT2D eigenvalue weighted by Crippen LogP contribution is 2.41. The summed E-state index contributed by atoms with van der Waals surface area (Å²) < 4.78 is 10.3. The first-order valence-electron chi connectivity index (χ1n) is 9.85. The van der Waals surface area contributed by atoms with Gasteiger partial charge < -0.3 is 19.5 Å². The quantitative estimate of drug-likeness (QED) is 0.632. The monoisotopic (exact) mass is 377 g/mol. The van der Waals surface area contributed by atoms with Crippen LogP contribution in [-0.4, -0.2) is 54.8 Å². The highest BCUT2D eigenvalue weighted by atomic mass is 16.6. The third-order valence-electron chi connectivity index (χ3n) is 5.36. The second kappa shape index (κ2) is 10.4. The highest BCUT2D eigenvalue weighted by Gasteiger charge is 2.47. The van der Waals surface area contributed by atoms with Crippen LogP contribution in [0.5, 0.6) is 0 Å². The lowest BCUT2D eigenvalue weighted by atomic mass is 9.80. The van der Waals surface area contributed by atoms with E-state index in [9.17, 15) is 14.7 Å². The summed E-state index contributed by atoms with van der Waals surface area (Å²) in [4.78, 5) is 26.8. The molecule has 6 heteroatoms. The maximum absolute atomic E-state index is 12.7. The van der Waals surface area contributed by atoms with Crippen LogP contribution in [0.15, 0.2) is 30.3 Å². The number of esters is 2. The van der Waals surface area contributed by atoms with E-state index in [1.54, 1.807) is 24.3 Å². The van der Waals surface area contributed by atoms with Crippen LogP contribution in [-0.2, 0) is 24.7 Å². The van der Waals surface area contributed by atoms with Gasteiger partial charge in [-0.1, -0.05) is 57.0 Å². The van der Waals surface area contributed by atoms with E-state index in [0.717, 1.165) is 38.8 Å². The van der Waals surface area contributed by atoms with Gasteiger partial charge in [0.1, 0.15) is 6.61 Å². The van der Waals surface area contributed by atoms with Gasteiger partial charge in [0, 0.05) is 12.5 Å². The standard InChI is InChI=1S/C21H31NO5/c1-3-22(4-2)14-15-26-19(23)16-27-20(24)21(25,18-12-8-9-13-18)17-10-6-5-7-11-17/h5-7,10-11,18,25H,3-4,8-9,12-16H2,1-2H3. The lowest BCUT2D eigenvalue weighted by Gasteiger charge is -2.32. The van der Waals surface area contributed by atoms with Crippen LogP contribution in [0.4, 0.5) is 0 Å².